The maximum absolute atomic E-state index is 12.4. The summed E-state index contributed by atoms with van der Waals surface area (Å²) in [6.07, 6.45) is 4.10. The van der Waals surface area contributed by atoms with E-state index in [9.17, 15) is 9.59 Å². The molecule has 2 rings (SSSR count). The van der Waals surface area contributed by atoms with Crippen LogP contribution in [0.2, 0.25) is 5.02 Å². The Bertz CT molecular complexity index is 719. The molecule has 0 spiro atoms. The van der Waals surface area contributed by atoms with E-state index in [1.807, 2.05) is 26.0 Å². The van der Waals surface area contributed by atoms with Crippen molar-refractivity contribution in [2.24, 2.45) is 0 Å². The average molecular weight is 346 g/mol. The normalized spacial score (nSPS) is 10.3. The number of likely N-dealkylation sites (N-methyl/N-ethyl adjacent to an activating group) is 1. The third-order valence-corrected chi connectivity index (χ3v) is 3.95. The van der Waals surface area contributed by atoms with Gasteiger partial charge in [0.25, 0.3) is 0 Å². The highest BCUT2D eigenvalue weighted by molar-refractivity contribution is 6.39. The van der Waals surface area contributed by atoms with Crippen LogP contribution >= 0.6 is 11.6 Å². The maximum Gasteiger partial charge on any atom is 0.313 e. The molecule has 1 N–H and O–H groups in total. The minimum Gasteiger partial charge on any atom is -0.334 e. The summed E-state index contributed by atoms with van der Waals surface area (Å²) in [5, 5.41) is 3.24. The molecule has 0 saturated heterocycles. The highest BCUT2D eigenvalue weighted by atomic mass is 35.5. The van der Waals surface area contributed by atoms with Crippen LogP contribution in [-0.2, 0) is 16.0 Å². The predicted octanol–water partition coefficient (Wildman–Crippen LogP) is 3.07. The number of aromatic nitrogens is 1. The van der Waals surface area contributed by atoms with E-state index in [-0.39, 0.29) is 0 Å². The van der Waals surface area contributed by atoms with Crippen molar-refractivity contribution < 1.29 is 9.59 Å². The molecule has 0 aliphatic carbocycles. The van der Waals surface area contributed by atoms with E-state index < -0.39 is 11.8 Å². The molecular formula is C18H20ClN3O2. The first-order valence-electron chi connectivity index (χ1n) is 7.76. The van der Waals surface area contributed by atoms with Crippen LogP contribution in [0.15, 0.2) is 42.7 Å². The fraction of sp³-hybridized carbons (Fsp3) is 0.278. The molecule has 24 heavy (non-hydrogen) atoms. The van der Waals surface area contributed by atoms with Crippen LogP contribution in [0.3, 0.4) is 0 Å². The summed E-state index contributed by atoms with van der Waals surface area (Å²) in [5.74, 6) is -1.18. The molecule has 0 fully saturated rings. The Hall–Kier alpha value is -2.40. The zero-order valence-electron chi connectivity index (χ0n) is 13.8. The molecule has 1 aromatic heterocycles. The Morgan fingerprint density at radius 3 is 2.54 bits per heavy atom. The highest BCUT2D eigenvalue weighted by Crippen LogP contribution is 2.19. The van der Waals surface area contributed by atoms with Crippen LogP contribution in [0.5, 0.6) is 0 Å². The molecule has 0 atom stereocenters. The van der Waals surface area contributed by atoms with Crippen LogP contribution < -0.4 is 5.32 Å². The Morgan fingerprint density at radius 1 is 1.21 bits per heavy atom. The Balaban J connectivity index is 1.98. The number of carbonyl (C=O) groups is 2. The number of nitrogens with zero attached hydrogens (tertiary/aromatic N) is 2. The van der Waals surface area contributed by atoms with Crippen LogP contribution in [-0.4, -0.2) is 34.8 Å². The van der Waals surface area contributed by atoms with Crippen LogP contribution in [0.4, 0.5) is 5.69 Å². The second kappa shape index (κ2) is 8.45. The molecular weight excluding hydrogens is 326 g/mol. The van der Waals surface area contributed by atoms with E-state index in [4.69, 9.17) is 11.6 Å². The van der Waals surface area contributed by atoms with Gasteiger partial charge in [0.2, 0.25) is 0 Å². The molecule has 0 radical (unpaired) electrons. The number of pyridine rings is 1. The van der Waals surface area contributed by atoms with E-state index in [0.29, 0.717) is 30.2 Å². The minimum atomic E-state index is -0.642. The molecule has 0 saturated carbocycles. The number of hydrogen-bond donors (Lipinski definition) is 1. The van der Waals surface area contributed by atoms with Gasteiger partial charge in [0.1, 0.15) is 0 Å². The summed E-state index contributed by atoms with van der Waals surface area (Å²) in [6.45, 7) is 4.63. The predicted molar refractivity (Wildman–Crippen MR) is 95.0 cm³/mol. The molecule has 0 aliphatic rings. The molecule has 2 aromatic rings. The number of anilines is 1. The van der Waals surface area contributed by atoms with E-state index in [1.165, 1.54) is 4.90 Å². The number of hydrogen-bond acceptors (Lipinski definition) is 3. The second-order valence-electron chi connectivity index (χ2n) is 5.40. The van der Waals surface area contributed by atoms with E-state index >= 15 is 0 Å². The molecule has 5 nitrogen and oxygen atoms in total. The molecule has 0 unspecified atom stereocenters. The van der Waals surface area contributed by atoms with Gasteiger partial charge in [-0.3, -0.25) is 14.6 Å². The van der Waals surface area contributed by atoms with Gasteiger partial charge < -0.3 is 10.2 Å². The smallest absolute Gasteiger partial charge is 0.313 e. The standard InChI is InChI=1S/C18H20ClN3O2/c1-3-22(11-8-14-6-9-20-10-7-14)18(24)17(23)21-16-5-4-15(19)12-13(16)2/h4-7,9-10,12H,3,8,11H2,1-2H3,(H,21,23). The van der Waals surface area contributed by atoms with Crippen molar-refractivity contribution in [2.45, 2.75) is 20.3 Å². The maximum atomic E-state index is 12.4. The van der Waals surface area contributed by atoms with Crippen molar-refractivity contribution in [3.05, 3.63) is 58.9 Å². The molecule has 2 amide bonds. The van der Waals surface area contributed by atoms with Gasteiger partial charge in [0.15, 0.2) is 0 Å². The summed E-state index contributed by atoms with van der Waals surface area (Å²) >= 11 is 5.90. The zero-order valence-corrected chi connectivity index (χ0v) is 14.5. The topological polar surface area (TPSA) is 62.3 Å². The van der Waals surface area contributed by atoms with Gasteiger partial charge in [-0.15, -0.1) is 0 Å². The minimum absolute atomic E-state index is 0.469. The molecule has 126 valence electrons. The first-order valence-corrected chi connectivity index (χ1v) is 8.14. The van der Waals surface area contributed by atoms with Crippen molar-refractivity contribution in [1.82, 2.24) is 9.88 Å². The van der Waals surface area contributed by atoms with Gasteiger partial charge >= 0.3 is 11.8 Å². The van der Waals surface area contributed by atoms with Gasteiger partial charge in [-0.2, -0.15) is 0 Å². The molecule has 1 heterocycles. The molecule has 1 aromatic carbocycles. The number of rotatable bonds is 5. The summed E-state index contributed by atoms with van der Waals surface area (Å²) in [7, 11) is 0. The first kappa shape index (κ1) is 17.9. The average Bonchev–Trinajstić information content (AvgIpc) is 2.58. The van der Waals surface area contributed by atoms with Gasteiger partial charge in [-0.1, -0.05) is 11.6 Å². The number of nitrogens with one attached hydrogen (secondary N) is 1. The zero-order chi connectivity index (χ0) is 17.5. The summed E-state index contributed by atoms with van der Waals surface area (Å²) in [6, 6.07) is 8.90. The molecule has 0 bridgehead atoms. The monoisotopic (exact) mass is 345 g/mol. The summed E-state index contributed by atoms with van der Waals surface area (Å²) in [5.41, 5.74) is 2.47. The quantitative estimate of drug-likeness (QED) is 0.847. The van der Waals surface area contributed by atoms with Gasteiger partial charge in [-0.25, -0.2) is 0 Å². The molecule has 6 heteroatoms. The summed E-state index contributed by atoms with van der Waals surface area (Å²) < 4.78 is 0. The lowest BCUT2D eigenvalue weighted by atomic mass is 10.2. The Kier molecular flexibility index (Phi) is 6.32. The van der Waals surface area contributed by atoms with Crippen molar-refractivity contribution >= 4 is 29.1 Å². The number of amides is 2. The van der Waals surface area contributed by atoms with Crippen LogP contribution in [0, 0.1) is 6.92 Å². The largest absolute Gasteiger partial charge is 0.334 e. The van der Waals surface area contributed by atoms with Gasteiger partial charge in [0, 0.05) is 36.2 Å². The van der Waals surface area contributed by atoms with E-state index in [0.717, 1.165) is 11.1 Å². The van der Waals surface area contributed by atoms with Gasteiger partial charge in [-0.05, 0) is 61.7 Å². The lowest BCUT2D eigenvalue weighted by Gasteiger charge is -2.20. The lowest BCUT2D eigenvalue weighted by Crippen LogP contribution is -2.40. The lowest BCUT2D eigenvalue weighted by molar-refractivity contribution is -0.143. The fourth-order valence-electron chi connectivity index (χ4n) is 2.30. The first-order chi connectivity index (χ1) is 11.5. The van der Waals surface area contributed by atoms with Crippen molar-refractivity contribution in [2.75, 3.05) is 18.4 Å². The van der Waals surface area contributed by atoms with E-state index in [1.54, 1.807) is 30.6 Å². The van der Waals surface area contributed by atoms with E-state index in [2.05, 4.69) is 10.3 Å². The third-order valence-electron chi connectivity index (χ3n) is 3.72. The third kappa shape index (κ3) is 4.80. The SMILES string of the molecule is CCN(CCc1ccncc1)C(=O)C(=O)Nc1ccc(Cl)cc1C. The molecule has 0 aliphatic heterocycles. The van der Waals surface area contributed by atoms with Crippen molar-refractivity contribution in [1.29, 1.82) is 0 Å². The van der Waals surface area contributed by atoms with Gasteiger partial charge in [0.05, 0.1) is 0 Å². The number of carbonyl (C=O) groups excluding carboxylic acids is 2. The second-order valence-corrected chi connectivity index (χ2v) is 5.84. The van der Waals surface area contributed by atoms with Crippen LogP contribution in [0.1, 0.15) is 18.1 Å². The van der Waals surface area contributed by atoms with Crippen molar-refractivity contribution in [3.8, 4) is 0 Å². The van der Waals surface area contributed by atoms with Crippen LogP contribution in [0.25, 0.3) is 0 Å². The number of benzene rings is 1. The number of halogens is 1. The Morgan fingerprint density at radius 2 is 1.92 bits per heavy atom. The Labute approximate surface area is 146 Å². The number of aryl methyl sites for hydroxylation is 1. The van der Waals surface area contributed by atoms with Crippen molar-refractivity contribution in [3.63, 3.8) is 0 Å². The highest BCUT2D eigenvalue weighted by Gasteiger charge is 2.21. The summed E-state index contributed by atoms with van der Waals surface area (Å²) in [4.78, 5) is 30.1. The fourth-order valence-corrected chi connectivity index (χ4v) is 2.53.